The molecule has 11 nitrogen and oxygen atoms in total. The van der Waals surface area contributed by atoms with E-state index in [0.29, 0.717) is 52.0 Å². The van der Waals surface area contributed by atoms with Crippen LogP contribution in [-0.4, -0.2) is 132 Å². The second kappa shape index (κ2) is 14.4. The van der Waals surface area contributed by atoms with Gasteiger partial charge in [0.25, 0.3) is 0 Å². The quantitative estimate of drug-likeness (QED) is 0.120. The summed E-state index contributed by atoms with van der Waals surface area (Å²) in [6, 6.07) is 6.21. The predicted molar refractivity (Wildman–Crippen MR) is 214 cm³/mol. The van der Waals surface area contributed by atoms with Gasteiger partial charge in [0.05, 0.1) is 17.6 Å². The number of benzene rings is 3. The van der Waals surface area contributed by atoms with Gasteiger partial charge in [0.1, 0.15) is 28.4 Å². The molecule has 4 fully saturated rings. The molecule has 9 rings (SSSR count). The van der Waals surface area contributed by atoms with E-state index in [-0.39, 0.29) is 51.5 Å². The van der Waals surface area contributed by atoms with Crippen molar-refractivity contribution in [1.82, 2.24) is 34.4 Å². The molecule has 2 bridgehead atoms. The minimum absolute atomic E-state index is 0.0154. The highest BCUT2D eigenvalue weighted by Crippen LogP contribution is 2.49. The summed E-state index contributed by atoms with van der Waals surface area (Å²) in [5.74, 6) is 2.43. The Kier molecular flexibility index (Phi) is 9.51. The minimum atomic E-state index is -0.655. The highest BCUT2D eigenvalue weighted by atomic mass is 19.1. The number of nitrogens with zero attached hydrogens (tertiary/aromatic N) is 8. The van der Waals surface area contributed by atoms with Crippen LogP contribution in [0.3, 0.4) is 0 Å². The van der Waals surface area contributed by atoms with E-state index in [4.69, 9.17) is 31.0 Å². The van der Waals surface area contributed by atoms with Crippen LogP contribution in [0.25, 0.3) is 43.7 Å². The number of phenols is 1. The summed E-state index contributed by atoms with van der Waals surface area (Å²) in [4.78, 5) is 19.7. The molecule has 13 heteroatoms. The number of likely N-dealkylation sites (tertiary alicyclic amines) is 2. The van der Waals surface area contributed by atoms with Crippen molar-refractivity contribution in [3.63, 3.8) is 0 Å². The molecular formula is C43H50F2N8O3. The van der Waals surface area contributed by atoms with Crippen LogP contribution in [0.5, 0.6) is 11.8 Å². The van der Waals surface area contributed by atoms with E-state index in [1.54, 1.807) is 18.8 Å². The van der Waals surface area contributed by atoms with Crippen molar-refractivity contribution < 1.29 is 23.4 Å². The van der Waals surface area contributed by atoms with Gasteiger partial charge in [-0.25, -0.2) is 8.78 Å². The zero-order valence-corrected chi connectivity index (χ0v) is 32.7. The Balaban J connectivity index is 1.17. The summed E-state index contributed by atoms with van der Waals surface area (Å²) in [7, 11) is 7.77. The molecular weight excluding hydrogens is 715 g/mol. The molecule has 3 aliphatic heterocycles. The standard InChI is InChI=1S/C43H50F2N8O3/c1-6-31-34(44)11-8-27-16-30(54)17-32(35(27)31)36-38(45)40-37(33-23-50(4)48-39(33)36)41(53-28-9-10-29(53)22-51(21-28)14-7-15-55-5)47-42(46-40)56-25-43(12-13-43)24-52-19-26(20-52)18-49(2)3/h1,8,11,16-17,23,26,28-29,54H,7,9-10,12-15,18-22,24-25H2,2-5H3/t28-,29+. The van der Waals surface area contributed by atoms with Crippen LogP contribution >= 0.6 is 0 Å². The molecule has 1 aliphatic carbocycles. The van der Waals surface area contributed by atoms with E-state index >= 15 is 8.78 Å². The fourth-order valence-electron chi connectivity index (χ4n) is 9.78. The molecule has 294 valence electrons. The molecule has 2 atom stereocenters. The molecule has 0 unspecified atom stereocenters. The Labute approximate surface area is 326 Å². The minimum Gasteiger partial charge on any atom is -0.508 e. The van der Waals surface area contributed by atoms with Crippen molar-refractivity contribution in [2.75, 3.05) is 85.1 Å². The lowest BCUT2D eigenvalue weighted by molar-refractivity contribution is 0.0474. The normalized spacial score (nSPS) is 21.1. The maximum absolute atomic E-state index is 17.8. The van der Waals surface area contributed by atoms with Crippen LogP contribution in [0, 0.1) is 35.3 Å². The molecule has 5 heterocycles. The van der Waals surface area contributed by atoms with Crippen LogP contribution in [0.2, 0.25) is 0 Å². The smallest absolute Gasteiger partial charge is 0.319 e. The largest absolute Gasteiger partial charge is 0.508 e. The van der Waals surface area contributed by atoms with Crippen LogP contribution < -0.4 is 9.64 Å². The van der Waals surface area contributed by atoms with Gasteiger partial charge in [-0.1, -0.05) is 12.0 Å². The van der Waals surface area contributed by atoms with E-state index < -0.39 is 11.6 Å². The van der Waals surface area contributed by atoms with Crippen molar-refractivity contribution in [3.8, 4) is 35.2 Å². The third-order valence-corrected chi connectivity index (χ3v) is 12.4. The molecule has 2 aromatic heterocycles. The highest BCUT2D eigenvalue weighted by Gasteiger charge is 2.47. The Morgan fingerprint density at radius 3 is 2.48 bits per heavy atom. The number of hydrogen-bond acceptors (Lipinski definition) is 10. The first-order valence-corrected chi connectivity index (χ1v) is 19.8. The lowest BCUT2D eigenvalue weighted by Gasteiger charge is -2.42. The van der Waals surface area contributed by atoms with Crippen molar-refractivity contribution >= 4 is 38.4 Å². The number of fused-ring (bicyclic) bond motifs is 6. The summed E-state index contributed by atoms with van der Waals surface area (Å²) in [6.45, 7) is 8.05. The molecule has 3 saturated heterocycles. The number of methoxy groups -OCH3 is 1. The van der Waals surface area contributed by atoms with Gasteiger partial charge in [0, 0.05) is 107 Å². The summed E-state index contributed by atoms with van der Waals surface area (Å²) < 4.78 is 46.7. The van der Waals surface area contributed by atoms with Gasteiger partial charge in [0.2, 0.25) is 0 Å². The number of aromatic hydroxyl groups is 1. The van der Waals surface area contributed by atoms with Crippen LogP contribution in [-0.2, 0) is 11.8 Å². The van der Waals surface area contributed by atoms with E-state index in [2.05, 4.69) is 39.6 Å². The first-order chi connectivity index (χ1) is 27.0. The summed E-state index contributed by atoms with van der Waals surface area (Å²) in [5.41, 5.74) is 0.764. The number of piperazine rings is 1. The van der Waals surface area contributed by atoms with Gasteiger partial charge >= 0.3 is 6.01 Å². The number of terminal acetylenes is 1. The predicted octanol–water partition coefficient (Wildman–Crippen LogP) is 5.64. The van der Waals surface area contributed by atoms with Gasteiger partial charge in [0.15, 0.2) is 5.82 Å². The number of rotatable bonds is 13. The molecule has 5 aromatic rings. The average molecular weight is 765 g/mol. The number of hydrogen-bond donors (Lipinski definition) is 1. The third kappa shape index (κ3) is 6.60. The highest BCUT2D eigenvalue weighted by molar-refractivity contribution is 6.18. The van der Waals surface area contributed by atoms with Gasteiger partial charge in [-0.2, -0.15) is 15.1 Å². The number of ether oxygens (including phenoxy) is 2. The number of phenolic OH excluding ortho intramolecular Hbond substituents is 1. The van der Waals surface area contributed by atoms with Gasteiger partial charge in [-0.3, -0.25) is 9.58 Å². The Bertz CT molecular complexity index is 2350. The SMILES string of the molecule is C#Cc1c(F)ccc2cc(O)cc(-c3c(F)c4nc(OCC5(CN6CC(CN(C)C)C6)CC5)nc(N5[C@@H]6CC[C@H]5CN(CCCOC)C6)c4c4cn(C)nc34)c12. The van der Waals surface area contributed by atoms with Gasteiger partial charge in [-0.15, -0.1) is 6.42 Å². The molecule has 1 saturated carbocycles. The fraction of sp³-hybridized carbons (Fsp3) is 0.512. The fourth-order valence-corrected chi connectivity index (χ4v) is 9.78. The monoisotopic (exact) mass is 764 g/mol. The topological polar surface area (TPSA) is 95.3 Å². The van der Waals surface area contributed by atoms with Crippen LogP contribution in [0.15, 0.2) is 30.5 Å². The summed E-state index contributed by atoms with van der Waals surface area (Å²) in [5, 5.41) is 17.7. The van der Waals surface area contributed by atoms with Crippen molar-refractivity contribution in [3.05, 3.63) is 47.7 Å². The molecule has 4 aliphatic rings. The molecule has 0 spiro atoms. The first-order valence-electron chi connectivity index (χ1n) is 19.8. The van der Waals surface area contributed by atoms with E-state index in [1.807, 2.05) is 6.20 Å². The lowest BCUT2D eigenvalue weighted by Crippen LogP contribution is -2.54. The van der Waals surface area contributed by atoms with E-state index in [1.165, 1.54) is 24.3 Å². The molecule has 1 N–H and O–H groups in total. The zero-order valence-electron chi connectivity index (χ0n) is 32.7. The van der Waals surface area contributed by atoms with Crippen molar-refractivity contribution in [2.24, 2.45) is 18.4 Å². The Morgan fingerprint density at radius 1 is 1.02 bits per heavy atom. The number of anilines is 1. The first kappa shape index (κ1) is 37.0. The number of aromatic nitrogens is 4. The van der Waals surface area contributed by atoms with Crippen molar-refractivity contribution in [1.29, 1.82) is 0 Å². The number of aryl methyl sites for hydroxylation is 1. The zero-order chi connectivity index (χ0) is 38.9. The molecule has 0 radical (unpaired) electrons. The number of halogens is 2. The van der Waals surface area contributed by atoms with Crippen molar-refractivity contribution in [2.45, 2.75) is 44.2 Å². The van der Waals surface area contributed by atoms with Crippen LogP contribution in [0.1, 0.15) is 37.7 Å². The second-order valence-electron chi connectivity index (χ2n) is 17.0. The van der Waals surface area contributed by atoms with Gasteiger partial charge < -0.3 is 29.3 Å². The maximum Gasteiger partial charge on any atom is 0.319 e. The third-order valence-electron chi connectivity index (χ3n) is 12.4. The average Bonchev–Trinajstić information content (AvgIpc) is 3.73. The maximum atomic E-state index is 17.8. The van der Waals surface area contributed by atoms with E-state index in [9.17, 15) is 5.11 Å². The summed E-state index contributed by atoms with van der Waals surface area (Å²) >= 11 is 0. The Morgan fingerprint density at radius 2 is 1.79 bits per heavy atom. The van der Waals surface area contributed by atoms with Crippen LogP contribution in [0.4, 0.5) is 14.6 Å². The lowest BCUT2D eigenvalue weighted by atomic mass is 9.91. The molecule has 0 amide bonds. The van der Waals surface area contributed by atoms with Gasteiger partial charge in [-0.05, 0) is 81.3 Å². The Hall–Kier alpha value is -4.61. The second-order valence-corrected chi connectivity index (χ2v) is 17.0. The summed E-state index contributed by atoms with van der Waals surface area (Å²) in [6.07, 6.45) is 12.8. The van der Waals surface area contributed by atoms with E-state index in [0.717, 1.165) is 77.9 Å². The molecule has 3 aromatic carbocycles. The molecule has 56 heavy (non-hydrogen) atoms.